The summed E-state index contributed by atoms with van der Waals surface area (Å²) >= 11 is 0. The van der Waals surface area contributed by atoms with Crippen molar-refractivity contribution in [1.29, 1.82) is 0 Å². The van der Waals surface area contributed by atoms with Gasteiger partial charge in [0, 0.05) is 0 Å². The Hall–Kier alpha value is -2.12. The van der Waals surface area contributed by atoms with Crippen LogP contribution < -0.4 is 5.32 Å². The van der Waals surface area contributed by atoms with Gasteiger partial charge in [-0.05, 0) is 32.9 Å². The third-order valence-electron chi connectivity index (χ3n) is 1.95. The van der Waals surface area contributed by atoms with Gasteiger partial charge in [-0.3, -0.25) is 0 Å². The molecule has 8 heteroatoms. The number of ether oxygens (including phenoxy) is 2. The van der Waals surface area contributed by atoms with Crippen LogP contribution in [0.4, 0.5) is 4.79 Å². The summed E-state index contributed by atoms with van der Waals surface area (Å²) in [5.74, 6) is -0.749. The fourth-order valence-corrected chi connectivity index (χ4v) is 1.18. The molecule has 0 fully saturated rings. The first-order valence-electron chi connectivity index (χ1n) is 5.91. The molecular formula is C11H17N3O5. The molecule has 0 aromatic carbocycles. The van der Waals surface area contributed by atoms with E-state index in [-0.39, 0.29) is 24.4 Å². The van der Waals surface area contributed by atoms with E-state index in [1.165, 1.54) is 0 Å². The Bertz CT molecular complexity index is 443. The van der Waals surface area contributed by atoms with Gasteiger partial charge in [0.25, 0.3) is 5.82 Å². The number of rotatable bonds is 5. The van der Waals surface area contributed by atoms with Crippen molar-refractivity contribution in [1.82, 2.24) is 15.5 Å². The van der Waals surface area contributed by atoms with Crippen LogP contribution in [-0.2, 0) is 9.47 Å². The molecular weight excluding hydrogens is 254 g/mol. The number of amides is 1. The van der Waals surface area contributed by atoms with E-state index in [4.69, 9.17) is 14.0 Å². The van der Waals surface area contributed by atoms with Gasteiger partial charge in [-0.2, -0.15) is 4.98 Å². The molecule has 1 atom stereocenters. The molecule has 0 saturated heterocycles. The Labute approximate surface area is 110 Å². The molecule has 0 radical (unpaired) electrons. The van der Waals surface area contributed by atoms with Crippen molar-refractivity contribution in [3.63, 3.8) is 0 Å². The summed E-state index contributed by atoms with van der Waals surface area (Å²) in [6, 6.07) is -0.568. The van der Waals surface area contributed by atoms with Crippen molar-refractivity contribution in [2.75, 3.05) is 6.61 Å². The zero-order valence-electron chi connectivity index (χ0n) is 11.3. The lowest BCUT2D eigenvalue weighted by Gasteiger charge is -2.12. The standard InChI is InChI=1S/C11H17N3O5/c1-5-17-10(15)8-13-9(19-14-8)7(4)12-11(16)18-6(2)3/h6-7H,5H2,1-4H3,(H,12,16). The molecule has 1 aromatic heterocycles. The lowest BCUT2D eigenvalue weighted by molar-refractivity contribution is 0.0508. The van der Waals surface area contributed by atoms with Gasteiger partial charge < -0.3 is 19.3 Å². The number of esters is 1. The molecule has 0 spiro atoms. The molecule has 0 bridgehead atoms. The molecule has 1 aromatic rings. The van der Waals surface area contributed by atoms with E-state index >= 15 is 0 Å². The van der Waals surface area contributed by atoms with Crippen LogP contribution in [0.5, 0.6) is 0 Å². The predicted octanol–water partition coefficient (Wildman–Crippen LogP) is 1.44. The highest BCUT2D eigenvalue weighted by Gasteiger charge is 2.21. The van der Waals surface area contributed by atoms with Gasteiger partial charge in [0.05, 0.1) is 12.7 Å². The summed E-state index contributed by atoms with van der Waals surface area (Å²) in [5.41, 5.74) is 0. The Morgan fingerprint density at radius 3 is 2.63 bits per heavy atom. The Kier molecular flexibility index (Phi) is 5.28. The average molecular weight is 271 g/mol. The number of carbonyl (C=O) groups is 2. The quantitative estimate of drug-likeness (QED) is 0.808. The predicted molar refractivity (Wildman–Crippen MR) is 63.4 cm³/mol. The fraction of sp³-hybridized carbons (Fsp3) is 0.636. The Balaban J connectivity index is 2.60. The van der Waals surface area contributed by atoms with Gasteiger partial charge >= 0.3 is 12.1 Å². The van der Waals surface area contributed by atoms with Gasteiger partial charge in [-0.1, -0.05) is 0 Å². The number of carbonyl (C=O) groups excluding carboxylic acids is 2. The van der Waals surface area contributed by atoms with Crippen LogP contribution in [0.15, 0.2) is 4.52 Å². The van der Waals surface area contributed by atoms with E-state index in [2.05, 4.69) is 15.5 Å². The number of hydrogen-bond donors (Lipinski definition) is 1. The highest BCUT2D eigenvalue weighted by Crippen LogP contribution is 2.10. The number of alkyl carbamates (subject to hydrolysis) is 1. The molecule has 0 aliphatic heterocycles. The maximum Gasteiger partial charge on any atom is 0.408 e. The number of nitrogens with zero attached hydrogens (tertiary/aromatic N) is 2. The topological polar surface area (TPSA) is 104 Å². The van der Waals surface area contributed by atoms with Crippen LogP contribution >= 0.6 is 0 Å². The average Bonchev–Trinajstić information content (AvgIpc) is 2.77. The lowest BCUT2D eigenvalue weighted by Crippen LogP contribution is -2.29. The lowest BCUT2D eigenvalue weighted by atomic mass is 10.3. The summed E-state index contributed by atoms with van der Waals surface area (Å²) in [5, 5.41) is 5.97. The highest BCUT2D eigenvalue weighted by atomic mass is 16.6. The summed E-state index contributed by atoms with van der Waals surface area (Å²) in [7, 11) is 0. The van der Waals surface area contributed by atoms with Crippen LogP contribution in [-0.4, -0.2) is 34.9 Å². The molecule has 8 nitrogen and oxygen atoms in total. The zero-order chi connectivity index (χ0) is 14.4. The highest BCUT2D eigenvalue weighted by molar-refractivity contribution is 5.84. The van der Waals surface area contributed by atoms with E-state index < -0.39 is 18.1 Å². The molecule has 1 N–H and O–H groups in total. The molecule has 1 unspecified atom stereocenters. The summed E-state index contributed by atoms with van der Waals surface area (Å²) in [6.45, 7) is 6.98. The third kappa shape index (κ3) is 4.57. The van der Waals surface area contributed by atoms with E-state index in [1.54, 1.807) is 27.7 Å². The summed E-state index contributed by atoms with van der Waals surface area (Å²) in [6.07, 6.45) is -0.830. The van der Waals surface area contributed by atoms with Crippen LogP contribution in [0.1, 0.15) is 50.2 Å². The van der Waals surface area contributed by atoms with E-state index in [0.717, 1.165) is 0 Å². The molecule has 0 aliphatic rings. The molecule has 19 heavy (non-hydrogen) atoms. The fourth-order valence-electron chi connectivity index (χ4n) is 1.18. The van der Waals surface area contributed by atoms with Gasteiger partial charge in [-0.15, -0.1) is 0 Å². The SMILES string of the molecule is CCOC(=O)c1noc(C(C)NC(=O)OC(C)C)n1. The second-order valence-corrected chi connectivity index (χ2v) is 4.00. The number of hydrogen-bond acceptors (Lipinski definition) is 7. The number of aromatic nitrogens is 2. The monoisotopic (exact) mass is 271 g/mol. The van der Waals surface area contributed by atoms with Crippen molar-refractivity contribution in [2.24, 2.45) is 0 Å². The minimum absolute atomic E-state index is 0.101. The van der Waals surface area contributed by atoms with Crippen LogP contribution in [0.25, 0.3) is 0 Å². The molecule has 1 amide bonds. The van der Waals surface area contributed by atoms with E-state index in [0.29, 0.717) is 0 Å². The smallest absolute Gasteiger partial charge is 0.408 e. The summed E-state index contributed by atoms with van der Waals surface area (Å²) < 4.78 is 14.5. The van der Waals surface area contributed by atoms with E-state index in [1.807, 2.05) is 0 Å². The normalized spacial score (nSPS) is 12.1. The molecule has 0 saturated carbocycles. The van der Waals surface area contributed by atoms with Gasteiger partial charge in [0.1, 0.15) is 6.04 Å². The molecule has 106 valence electrons. The maximum atomic E-state index is 11.4. The zero-order valence-corrected chi connectivity index (χ0v) is 11.3. The first kappa shape index (κ1) is 14.9. The van der Waals surface area contributed by atoms with Crippen molar-refractivity contribution < 1.29 is 23.6 Å². The number of nitrogens with one attached hydrogen (secondary N) is 1. The van der Waals surface area contributed by atoms with Crippen LogP contribution in [0.2, 0.25) is 0 Å². The molecule has 1 heterocycles. The van der Waals surface area contributed by atoms with Crippen LogP contribution in [0.3, 0.4) is 0 Å². The third-order valence-corrected chi connectivity index (χ3v) is 1.95. The minimum atomic E-state index is -0.672. The largest absolute Gasteiger partial charge is 0.460 e. The van der Waals surface area contributed by atoms with Crippen molar-refractivity contribution in [3.8, 4) is 0 Å². The van der Waals surface area contributed by atoms with Crippen molar-refractivity contribution >= 4 is 12.1 Å². The van der Waals surface area contributed by atoms with Crippen LogP contribution in [0, 0.1) is 0 Å². The second-order valence-electron chi connectivity index (χ2n) is 4.00. The summed E-state index contributed by atoms with van der Waals surface area (Å²) in [4.78, 5) is 26.5. The van der Waals surface area contributed by atoms with E-state index in [9.17, 15) is 9.59 Å². The van der Waals surface area contributed by atoms with Gasteiger partial charge in [0.15, 0.2) is 0 Å². The molecule has 1 rings (SSSR count). The second kappa shape index (κ2) is 6.72. The van der Waals surface area contributed by atoms with Crippen molar-refractivity contribution in [2.45, 2.75) is 39.8 Å². The van der Waals surface area contributed by atoms with Crippen molar-refractivity contribution in [3.05, 3.63) is 11.7 Å². The van der Waals surface area contributed by atoms with Gasteiger partial charge in [0.2, 0.25) is 5.89 Å². The first-order valence-corrected chi connectivity index (χ1v) is 5.91. The Morgan fingerprint density at radius 2 is 2.05 bits per heavy atom. The van der Waals surface area contributed by atoms with Gasteiger partial charge in [-0.25, -0.2) is 9.59 Å². The minimum Gasteiger partial charge on any atom is -0.460 e. The first-order chi connectivity index (χ1) is 8.93. The Morgan fingerprint density at radius 1 is 1.37 bits per heavy atom. The maximum absolute atomic E-state index is 11.4. The molecule has 0 aliphatic carbocycles.